The van der Waals surface area contributed by atoms with E-state index in [9.17, 15) is 32.2 Å². The Balaban J connectivity index is 1.39. The Morgan fingerprint density at radius 3 is 2.49 bits per heavy atom. The summed E-state index contributed by atoms with van der Waals surface area (Å²) in [6, 6.07) is 5.18. The van der Waals surface area contributed by atoms with Crippen molar-refractivity contribution in [3.8, 4) is 22.8 Å². The number of fused-ring (bicyclic) bond motifs is 5. The molecular weight excluding hydrogens is 501 g/mol. The molecule has 2 aliphatic carbocycles. The molecule has 0 radical (unpaired) electrons. The van der Waals surface area contributed by atoms with Crippen LogP contribution in [-0.4, -0.2) is 41.5 Å². The molecule has 4 aromatic rings. The van der Waals surface area contributed by atoms with E-state index in [-0.39, 0.29) is 28.8 Å². The van der Waals surface area contributed by atoms with E-state index < -0.39 is 34.7 Å². The van der Waals surface area contributed by atoms with Gasteiger partial charge in [0, 0.05) is 6.20 Å². The summed E-state index contributed by atoms with van der Waals surface area (Å²) < 4.78 is 72.6. The van der Waals surface area contributed by atoms with E-state index in [1.165, 1.54) is 18.5 Å². The molecule has 3 heterocycles. The maximum absolute atomic E-state index is 14.3. The number of halogens is 5. The first-order chi connectivity index (χ1) is 17.5. The summed E-state index contributed by atoms with van der Waals surface area (Å²) in [5.41, 5.74) is -0.256. The van der Waals surface area contributed by atoms with Crippen molar-refractivity contribution in [2.45, 2.75) is 42.6 Å². The number of aromatic nitrogens is 5. The molecule has 0 saturated heterocycles. The molecule has 3 aromatic heterocycles. The molecule has 2 atom stereocenters. The van der Waals surface area contributed by atoms with Crippen molar-refractivity contribution >= 4 is 0 Å². The molecule has 0 unspecified atom stereocenters. The van der Waals surface area contributed by atoms with Gasteiger partial charge in [-0.3, -0.25) is 4.98 Å². The van der Waals surface area contributed by atoms with Gasteiger partial charge in [-0.15, -0.1) is 5.10 Å². The predicted octanol–water partition coefficient (Wildman–Crippen LogP) is 4.13. The normalized spacial score (nSPS) is 20.9. The Labute approximate surface area is 204 Å². The zero-order valence-electron chi connectivity index (χ0n) is 18.7. The molecule has 0 spiro atoms. The Kier molecular flexibility index (Phi) is 4.98. The minimum Gasteiger partial charge on any atom is -0.443 e. The molecule has 1 aromatic carbocycles. The van der Waals surface area contributed by atoms with Crippen molar-refractivity contribution in [2.75, 3.05) is 0 Å². The van der Waals surface area contributed by atoms with Crippen LogP contribution >= 0.6 is 0 Å². The van der Waals surface area contributed by atoms with Crippen LogP contribution in [0.1, 0.15) is 47.8 Å². The Bertz CT molecular complexity index is 1520. The quantitative estimate of drug-likeness (QED) is 0.307. The number of rotatable bonds is 4. The number of oxazole rings is 1. The first-order valence-electron chi connectivity index (χ1n) is 11.1. The smallest absolute Gasteiger partial charge is 0.443 e. The largest absolute Gasteiger partial charge is 0.449 e. The lowest BCUT2D eigenvalue weighted by Gasteiger charge is -2.26. The fourth-order valence-corrected chi connectivity index (χ4v) is 5.23. The number of aliphatic hydroxyl groups is 2. The van der Waals surface area contributed by atoms with Gasteiger partial charge < -0.3 is 14.6 Å². The van der Waals surface area contributed by atoms with Crippen LogP contribution in [0.25, 0.3) is 22.8 Å². The Morgan fingerprint density at radius 1 is 1.00 bits per heavy atom. The van der Waals surface area contributed by atoms with E-state index in [0.717, 1.165) is 24.1 Å². The van der Waals surface area contributed by atoms with Crippen LogP contribution in [0.2, 0.25) is 0 Å². The van der Waals surface area contributed by atoms with Crippen molar-refractivity contribution in [3.63, 3.8) is 0 Å². The van der Waals surface area contributed by atoms with Gasteiger partial charge in [0.25, 0.3) is 0 Å². The zero-order valence-corrected chi connectivity index (χ0v) is 18.7. The minimum absolute atomic E-state index is 0.0222. The number of hydrogen-bond donors (Lipinski definition) is 2. The van der Waals surface area contributed by atoms with Crippen molar-refractivity contribution in [1.82, 2.24) is 25.1 Å². The zero-order chi connectivity index (χ0) is 26.2. The average Bonchev–Trinajstić information content (AvgIpc) is 3.59. The van der Waals surface area contributed by atoms with Gasteiger partial charge in [0.15, 0.2) is 0 Å². The molecule has 2 bridgehead atoms. The van der Waals surface area contributed by atoms with E-state index in [0.29, 0.717) is 30.5 Å². The van der Waals surface area contributed by atoms with Gasteiger partial charge in [-0.25, -0.2) is 18.7 Å². The van der Waals surface area contributed by atoms with Gasteiger partial charge in [0.1, 0.15) is 29.3 Å². The summed E-state index contributed by atoms with van der Waals surface area (Å²) in [7, 11) is 0. The van der Waals surface area contributed by atoms with Crippen LogP contribution in [0.15, 0.2) is 47.3 Å². The predicted molar refractivity (Wildman–Crippen MR) is 114 cm³/mol. The van der Waals surface area contributed by atoms with Crippen molar-refractivity contribution in [2.24, 2.45) is 0 Å². The highest BCUT2D eigenvalue weighted by molar-refractivity contribution is 5.63. The van der Waals surface area contributed by atoms with Gasteiger partial charge in [-0.05, 0) is 48.9 Å². The van der Waals surface area contributed by atoms with Crippen LogP contribution in [0, 0.1) is 11.6 Å². The molecule has 13 heteroatoms. The number of nitrogens with zero attached hydrogens (tertiary/aromatic N) is 5. The molecule has 6 rings (SSSR count). The van der Waals surface area contributed by atoms with E-state index >= 15 is 0 Å². The fourth-order valence-electron chi connectivity index (χ4n) is 5.23. The van der Waals surface area contributed by atoms with Gasteiger partial charge >= 0.3 is 12.0 Å². The summed E-state index contributed by atoms with van der Waals surface area (Å²) in [4.78, 5) is 12.2. The van der Waals surface area contributed by atoms with E-state index in [4.69, 9.17) is 4.42 Å². The lowest BCUT2D eigenvalue weighted by molar-refractivity contribution is -0.359. The molecular formula is C24H16F5N5O3. The number of hydrogen-bond acceptors (Lipinski definition) is 8. The third-order valence-electron chi connectivity index (χ3n) is 7.05. The molecule has 1 fully saturated rings. The summed E-state index contributed by atoms with van der Waals surface area (Å²) in [5.74, 6) is -6.06. The van der Waals surface area contributed by atoms with Gasteiger partial charge in [-0.2, -0.15) is 18.3 Å². The summed E-state index contributed by atoms with van der Waals surface area (Å²) >= 11 is 0. The standard InChI is InChI=1S/C24H16F5N5O3/c25-13-2-1-3-14(26)19(13)15-6-12-11-4-5-22(7-11,20(12)34-33-15)17-9-30-8-16(31-17)21-32-18(10-37-21)23(35,36)24(27,28)29/h1-3,6,8-11,35-36H,4-5,7H2/t11-,22+/m1/s1. The maximum Gasteiger partial charge on any atom is 0.449 e. The number of alkyl halides is 3. The van der Waals surface area contributed by atoms with Crippen LogP contribution in [0.3, 0.4) is 0 Å². The van der Waals surface area contributed by atoms with Crippen molar-refractivity contribution in [1.29, 1.82) is 0 Å². The van der Waals surface area contributed by atoms with Gasteiger partial charge in [0.05, 0.1) is 34.3 Å². The fraction of sp³-hybridized carbons (Fsp3) is 0.292. The molecule has 8 nitrogen and oxygen atoms in total. The second-order valence-corrected chi connectivity index (χ2v) is 9.15. The third kappa shape index (κ3) is 3.44. The molecule has 2 aliphatic rings. The average molecular weight is 517 g/mol. The number of benzene rings is 1. The van der Waals surface area contributed by atoms with E-state index in [1.54, 1.807) is 6.07 Å². The van der Waals surface area contributed by atoms with Gasteiger partial charge in [0.2, 0.25) is 5.89 Å². The SMILES string of the molecule is OC(O)(c1coc(-c2cncc([C@]34CC[C@H](C3)c3cc(-c5c(F)cccc5F)nnc34)n2)n1)C(F)(F)F. The second kappa shape index (κ2) is 7.83. The summed E-state index contributed by atoms with van der Waals surface area (Å²) in [6.45, 7) is 0. The minimum atomic E-state index is -5.40. The summed E-state index contributed by atoms with van der Waals surface area (Å²) in [5, 5.41) is 27.3. The molecule has 0 amide bonds. The maximum atomic E-state index is 14.3. The first kappa shape index (κ1) is 23.6. The van der Waals surface area contributed by atoms with E-state index in [2.05, 4.69) is 25.1 Å². The molecule has 0 aliphatic heterocycles. The lowest BCUT2D eigenvalue weighted by Crippen LogP contribution is -2.42. The monoisotopic (exact) mass is 517 g/mol. The Hall–Kier alpha value is -3.84. The first-order valence-corrected chi connectivity index (χ1v) is 11.1. The third-order valence-corrected chi connectivity index (χ3v) is 7.05. The van der Waals surface area contributed by atoms with Crippen LogP contribution in [-0.2, 0) is 11.2 Å². The molecule has 190 valence electrons. The molecule has 1 saturated carbocycles. The summed E-state index contributed by atoms with van der Waals surface area (Å²) in [6.07, 6.45) is -0.237. The van der Waals surface area contributed by atoms with Crippen LogP contribution < -0.4 is 0 Å². The highest BCUT2D eigenvalue weighted by Gasteiger charge is 2.57. The lowest BCUT2D eigenvalue weighted by atomic mass is 9.80. The second-order valence-electron chi connectivity index (χ2n) is 9.15. The van der Waals surface area contributed by atoms with Gasteiger partial charge in [-0.1, -0.05) is 6.07 Å². The molecule has 37 heavy (non-hydrogen) atoms. The van der Waals surface area contributed by atoms with Crippen molar-refractivity contribution in [3.05, 3.63) is 77.2 Å². The highest BCUT2D eigenvalue weighted by atomic mass is 19.4. The van der Waals surface area contributed by atoms with Crippen LogP contribution in [0.4, 0.5) is 22.0 Å². The topological polar surface area (TPSA) is 118 Å². The highest BCUT2D eigenvalue weighted by Crippen LogP contribution is 2.59. The van der Waals surface area contributed by atoms with E-state index in [1.807, 2.05) is 0 Å². The van der Waals surface area contributed by atoms with Crippen molar-refractivity contribution < 1.29 is 36.6 Å². The Morgan fingerprint density at radius 2 is 1.76 bits per heavy atom. The van der Waals surface area contributed by atoms with Crippen LogP contribution in [0.5, 0.6) is 0 Å². The molecule has 2 N–H and O–H groups in total.